The Bertz CT molecular complexity index is 71.6. The molecule has 0 aromatic rings. The normalized spacial score (nSPS) is 6.33. The van der Waals surface area contributed by atoms with Gasteiger partial charge in [0.05, 0.1) is 0 Å². The summed E-state index contributed by atoms with van der Waals surface area (Å²) in [6.07, 6.45) is 1.85. The summed E-state index contributed by atoms with van der Waals surface area (Å²) >= 11 is 7.32. The van der Waals surface area contributed by atoms with Crippen molar-refractivity contribution in [1.82, 2.24) is 0 Å². The average Bonchev–Trinajstić information content (AvgIpc) is 1.61. The van der Waals surface area contributed by atoms with Gasteiger partial charge in [0.25, 0.3) is 0 Å². The van der Waals surface area contributed by atoms with E-state index >= 15 is 0 Å². The Morgan fingerprint density at radius 3 is 2.67 bits per heavy atom. The highest BCUT2D eigenvalue weighted by molar-refractivity contribution is 14.1. The van der Waals surface area contributed by atoms with Gasteiger partial charge >= 0.3 is 0 Å². The van der Waals surface area contributed by atoms with Crippen molar-refractivity contribution < 1.29 is 0 Å². The minimum absolute atomic E-state index is 0.973. The van der Waals surface area contributed by atoms with Crippen LogP contribution in [-0.2, 0) is 0 Å². The fourth-order valence-corrected chi connectivity index (χ4v) is 0.432. The molecule has 0 atom stereocenters. The molecule has 0 aliphatic carbocycles. The van der Waals surface area contributed by atoms with Crippen LogP contribution in [0.1, 0.15) is 0 Å². The van der Waals surface area contributed by atoms with Gasteiger partial charge in [-0.05, 0) is 6.08 Å². The Morgan fingerprint density at radius 2 is 2.50 bits per heavy atom. The fraction of sp³-hybridized carbons (Fsp3) is 0.250. The van der Waals surface area contributed by atoms with Crippen LogP contribution in [0.25, 0.3) is 0 Å². The van der Waals surface area contributed by atoms with Crippen molar-refractivity contribution in [3.63, 3.8) is 0 Å². The molecular formula is C4H4ClI. The second-order valence-corrected chi connectivity index (χ2v) is 1.73. The predicted octanol–water partition coefficient (Wildman–Crippen LogP) is 2.33. The van der Waals surface area contributed by atoms with Gasteiger partial charge in [0, 0.05) is 9.96 Å². The zero-order valence-electron chi connectivity index (χ0n) is 3.12. The first kappa shape index (κ1) is 6.54. The first-order valence-electron chi connectivity index (χ1n) is 1.47. The third-order valence-electron chi connectivity index (χ3n) is 0.258. The van der Waals surface area contributed by atoms with Crippen LogP contribution < -0.4 is 0 Å². The van der Waals surface area contributed by atoms with Gasteiger partial charge in [-0.15, -0.1) is 5.73 Å². The smallest absolute Gasteiger partial charge is 0.0459 e. The van der Waals surface area contributed by atoms with E-state index < -0.39 is 0 Å². The summed E-state index contributed by atoms with van der Waals surface area (Å²) < 4.78 is 0.973. The molecule has 6 heavy (non-hydrogen) atoms. The minimum atomic E-state index is 0.973. The fourth-order valence-electron chi connectivity index (χ4n) is 0.0891. The molecule has 0 aromatic heterocycles. The Morgan fingerprint density at radius 1 is 1.83 bits per heavy atom. The molecule has 0 aromatic carbocycles. The molecule has 0 aliphatic rings. The summed E-state index contributed by atoms with van der Waals surface area (Å²) in [5, 5.41) is 0. The Balaban J connectivity index is 3.18. The van der Waals surface area contributed by atoms with Crippen molar-refractivity contribution in [2.75, 3.05) is 4.43 Å². The van der Waals surface area contributed by atoms with Crippen LogP contribution >= 0.6 is 34.2 Å². The summed E-state index contributed by atoms with van der Waals surface area (Å²) in [5.74, 6) is 0. The van der Waals surface area contributed by atoms with E-state index in [0.29, 0.717) is 0 Å². The van der Waals surface area contributed by atoms with Crippen LogP contribution in [0.4, 0.5) is 0 Å². The lowest BCUT2D eigenvalue weighted by Gasteiger charge is -1.59. The lowest BCUT2D eigenvalue weighted by atomic mass is 10.7. The molecule has 0 spiro atoms. The summed E-state index contributed by atoms with van der Waals surface area (Å²) in [5.41, 5.74) is 4.08. The molecule has 0 rings (SSSR count). The first-order valence-corrected chi connectivity index (χ1v) is 3.43. The van der Waals surface area contributed by atoms with E-state index in [1.165, 1.54) is 5.54 Å². The molecule has 0 N–H and O–H groups in total. The molecule has 0 aliphatic heterocycles. The van der Waals surface area contributed by atoms with E-state index in [2.05, 4.69) is 28.3 Å². The second kappa shape index (κ2) is 5.54. The molecule has 0 radical (unpaired) electrons. The second-order valence-electron chi connectivity index (χ2n) is 0.634. The van der Waals surface area contributed by atoms with Gasteiger partial charge < -0.3 is 0 Å². The van der Waals surface area contributed by atoms with Gasteiger partial charge in [0.15, 0.2) is 0 Å². The third-order valence-corrected chi connectivity index (χ3v) is 0.824. The van der Waals surface area contributed by atoms with Gasteiger partial charge in [0.1, 0.15) is 0 Å². The molecule has 0 unspecified atom stereocenters. The molecule has 2 heteroatoms. The lowest BCUT2D eigenvalue weighted by molar-refractivity contribution is 1.87. The molecule has 0 fully saturated rings. The minimum Gasteiger partial charge on any atom is -0.112 e. The Labute approximate surface area is 56.0 Å². The van der Waals surface area contributed by atoms with E-state index in [1.807, 2.05) is 6.08 Å². The molecule has 34 valence electrons. The Kier molecular flexibility index (Phi) is 6.04. The maximum Gasteiger partial charge on any atom is 0.0459 e. The van der Waals surface area contributed by atoms with Crippen LogP contribution in [0.3, 0.4) is 0 Å². The first-order chi connectivity index (χ1) is 2.91. The van der Waals surface area contributed by atoms with Crippen LogP contribution in [-0.4, -0.2) is 4.43 Å². The van der Waals surface area contributed by atoms with Gasteiger partial charge in [-0.3, -0.25) is 0 Å². The van der Waals surface area contributed by atoms with Gasteiger partial charge in [-0.2, -0.15) is 0 Å². The van der Waals surface area contributed by atoms with Crippen molar-refractivity contribution in [2.24, 2.45) is 0 Å². The maximum atomic E-state index is 5.11. The number of alkyl halides is 1. The summed E-state index contributed by atoms with van der Waals surface area (Å²) in [6, 6.07) is 0. The van der Waals surface area contributed by atoms with E-state index in [0.717, 1.165) is 4.43 Å². The highest BCUT2D eigenvalue weighted by Crippen LogP contribution is 1.80. The van der Waals surface area contributed by atoms with E-state index in [9.17, 15) is 0 Å². The van der Waals surface area contributed by atoms with Crippen LogP contribution in [0.5, 0.6) is 0 Å². The molecule has 0 nitrogen and oxygen atoms in total. The zero-order chi connectivity index (χ0) is 4.83. The number of hydrogen-bond donors (Lipinski definition) is 0. The van der Waals surface area contributed by atoms with Crippen molar-refractivity contribution in [3.8, 4) is 0 Å². The molecule has 0 heterocycles. The predicted molar refractivity (Wildman–Crippen MR) is 37.4 cm³/mol. The average molecular weight is 214 g/mol. The van der Waals surface area contributed by atoms with Crippen molar-refractivity contribution in [1.29, 1.82) is 0 Å². The molecule has 0 saturated carbocycles. The SMILES string of the molecule is ClC=C=CCI. The van der Waals surface area contributed by atoms with E-state index in [1.54, 1.807) is 0 Å². The van der Waals surface area contributed by atoms with Gasteiger partial charge in [-0.25, -0.2) is 0 Å². The van der Waals surface area contributed by atoms with Crippen molar-refractivity contribution in [3.05, 3.63) is 17.3 Å². The number of halogens is 2. The summed E-state index contributed by atoms with van der Waals surface area (Å²) in [4.78, 5) is 0. The number of hydrogen-bond acceptors (Lipinski definition) is 0. The van der Waals surface area contributed by atoms with E-state index in [4.69, 9.17) is 11.6 Å². The van der Waals surface area contributed by atoms with Crippen molar-refractivity contribution in [2.45, 2.75) is 0 Å². The van der Waals surface area contributed by atoms with Crippen LogP contribution in [0.2, 0.25) is 0 Å². The summed E-state index contributed by atoms with van der Waals surface area (Å²) in [6.45, 7) is 0. The maximum absolute atomic E-state index is 5.11. The van der Waals surface area contributed by atoms with Gasteiger partial charge in [-0.1, -0.05) is 34.2 Å². The van der Waals surface area contributed by atoms with E-state index in [-0.39, 0.29) is 0 Å². The van der Waals surface area contributed by atoms with Gasteiger partial charge in [0.2, 0.25) is 0 Å². The zero-order valence-corrected chi connectivity index (χ0v) is 6.03. The molecule has 0 bridgehead atoms. The quantitative estimate of drug-likeness (QED) is 0.357. The largest absolute Gasteiger partial charge is 0.112 e. The topological polar surface area (TPSA) is 0 Å². The van der Waals surface area contributed by atoms with Crippen LogP contribution in [0, 0.1) is 0 Å². The standard InChI is InChI=1S/C4H4ClI/c5-3-1-2-4-6/h2-3H,4H2. The molecular weight excluding hydrogens is 210 g/mol. The van der Waals surface area contributed by atoms with Crippen LogP contribution in [0.15, 0.2) is 17.3 Å². The third kappa shape index (κ3) is 4.54. The number of allylic oxidation sites excluding steroid dienone is 1. The lowest BCUT2D eigenvalue weighted by Crippen LogP contribution is -1.46. The Hall–Kier alpha value is 0.540. The molecule has 0 saturated heterocycles. The monoisotopic (exact) mass is 214 g/mol. The summed E-state index contributed by atoms with van der Waals surface area (Å²) in [7, 11) is 0. The highest BCUT2D eigenvalue weighted by Gasteiger charge is 1.54. The number of rotatable bonds is 1. The highest BCUT2D eigenvalue weighted by atomic mass is 127. The van der Waals surface area contributed by atoms with Crippen molar-refractivity contribution >= 4 is 34.2 Å². The molecule has 0 amide bonds.